The highest BCUT2D eigenvalue weighted by Gasteiger charge is 2.52. The molecule has 0 radical (unpaired) electrons. The Morgan fingerprint density at radius 1 is 1.17 bits per heavy atom. The predicted octanol–water partition coefficient (Wildman–Crippen LogP) is 2.11. The van der Waals surface area contributed by atoms with Crippen LogP contribution in [0.1, 0.15) is 56.6 Å². The molecule has 36 heavy (non-hydrogen) atoms. The maximum absolute atomic E-state index is 14.2. The van der Waals surface area contributed by atoms with E-state index >= 15 is 0 Å². The van der Waals surface area contributed by atoms with Gasteiger partial charge in [0.05, 0.1) is 12.8 Å². The third-order valence-corrected chi connectivity index (χ3v) is 7.02. The van der Waals surface area contributed by atoms with Crippen LogP contribution in [-0.2, 0) is 21.7 Å². The summed E-state index contributed by atoms with van der Waals surface area (Å²) >= 11 is 0. The van der Waals surface area contributed by atoms with E-state index in [9.17, 15) is 18.7 Å². The largest absolute Gasteiger partial charge is 1.00 e. The van der Waals surface area contributed by atoms with Crippen LogP contribution in [0.15, 0.2) is 65.7 Å². The van der Waals surface area contributed by atoms with Crippen molar-refractivity contribution in [2.24, 2.45) is 10.9 Å². The average Bonchev–Trinajstić information content (AvgIpc) is 3.20. The number of aliphatic imine (C=N–C) groups is 1. The highest BCUT2D eigenvalue weighted by Crippen LogP contribution is 2.45. The van der Waals surface area contributed by atoms with Crippen molar-refractivity contribution in [2.45, 2.75) is 69.7 Å². The molecule has 2 aromatic carbocycles. The standard InChI is InChI=1S/C28H33F2N2O3.ClH/c1-21-31-19-25(32(21)20-22-10-4-2-5-11-22)15-9-17-35-26(33)28(34,23-12-6-3-7-13-23)24-14-8-16-27(29,30)18-24;/h2-7,10-13,19,21,24,34H,8-9,14-18,20H2,1H3;1H/q+1;/p-1/t21?,24-,28+;/m1./s1. The Balaban J connectivity index is 0.00000361. The molecule has 8 heteroatoms. The highest BCUT2D eigenvalue weighted by atomic mass is 35.5. The third-order valence-electron chi connectivity index (χ3n) is 7.02. The molecule has 1 heterocycles. The number of halogens is 3. The topological polar surface area (TPSA) is 61.9 Å². The molecule has 4 rings (SSSR count). The van der Waals surface area contributed by atoms with Gasteiger partial charge < -0.3 is 22.3 Å². The zero-order valence-electron chi connectivity index (χ0n) is 20.5. The van der Waals surface area contributed by atoms with Crippen molar-refractivity contribution in [1.29, 1.82) is 0 Å². The van der Waals surface area contributed by atoms with Crippen LogP contribution in [-0.4, -0.2) is 46.3 Å². The first-order valence-corrected chi connectivity index (χ1v) is 12.3. The van der Waals surface area contributed by atoms with Gasteiger partial charge in [-0.25, -0.2) is 23.1 Å². The molecule has 194 valence electrons. The maximum Gasteiger partial charge on any atom is 0.343 e. The number of hydrogen-bond donors (Lipinski definition) is 1. The van der Waals surface area contributed by atoms with Gasteiger partial charge in [-0.15, -0.1) is 0 Å². The van der Waals surface area contributed by atoms with Crippen molar-refractivity contribution in [3.05, 3.63) is 71.8 Å². The first kappa shape index (κ1) is 27.9. The van der Waals surface area contributed by atoms with Crippen molar-refractivity contribution in [3.8, 4) is 0 Å². The molecule has 2 aromatic rings. The Hall–Kier alpha value is -2.64. The summed E-state index contributed by atoms with van der Waals surface area (Å²) in [6.07, 6.45) is 2.93. The Labute approximate surface area is 217 Å². The summed E-state index contributed by atoms with van der Waals surface area (Å²) in [6.45, 7) is 2.86. The van der Waals surface area contributed by atoms with Gasteiger partial charge in [-0.1, -0.05) is 60.7 Å². The third kappa shape index (κ3) is 6.37. The second-order valence-corrected chi connectivity index (χ2v) is 9.54. The van der Waals surface area contributed by atoms with Gasteiger partial charge in [-0.2, -0.15) is 0 Å². The van der Waals surface area contributed by atoms with Crippen LogP contribution in [0.25, 0.3) is 0 Å². The minimum atomic E-state index is -2.90. The normalized spacial score (nSPS) is 22.6. The predicted molar refractivity (Wildman–Crippen MR) is 131 cm³/mol. The second kappa shape index (κ2) is 12.1. The molecule has 0 spiro atoms. The van der Waals surface area contributed by atoms with Crippen molar-refractivity contribution >= 4 is 17.9 Å². The molecule has 5 nitrogen and oxygen atoms in total. The molecule has 1 fully saturated rings. The first-order chi connectivity index (χ1) is 16.8. The van der Waals surface area contributed by atoms with Gasteiger partial charge >= 0.3 is 5.97 Å². The molecule has 1 aliphatic carbocycles. The summed E-state index contributed by atoms with van der Waals surface area (Å²) in [5, 5.41) is 11.5. The average molecular weight is 519 g/mol. The zero-order chi connectivity index (χ0) is 24.9. The minimum absolute atomic E-state index is 0. The Morgan fingerprint density at radius 3 is 2.50 bits per heavy atom. The lowest BCUT2D eigenvalue weighted by molar-refractivity contribution is -0.572. The van der Waals surface area contributed by atoms with E-state index in [0.29, 0.717) is 24.8 Å². The number of aliphatic hydroxyl groups is 1. The molecule has 0 saturated heterocycles. The summed E-state index contributed by atoms with van der Waals surface area (Å²) in [5.74, 6) is -4.66. The Morgan fingerprint density at radius 2 is 1.83 bits per heavy atom. The van der Waals surface area contributed by atoms with E-state index in [0.717, 1.165) is 12.3 Å². The number of alkyl halides is 2. The smallest absolute Gasteiger partial charge is 0.343 e. The fraction of sp³-hybridized carbons (Fsp3) is 0.464. The van der Waals surface area contributed by atoms with Gasteiger partial charge in [0, 0.05) is 37.7 Å². The van der Waals surface area contributed by atoms with E-state index in [1.54, 1.807) is 30.3 Å². The van der Waals surface area contributed by atoms with Gasteiger partial charge in [0.1, 0.15) is 0 Å². The molecule has 0 bridgehead atoms. The van der Waals surface area contributed by atoms with Crippen molar-refractivity contribution in [3.63, 3.8) is 0 Å². The van der Waals surface area contributed by atoms with Crippen LogP contribution in [0.2, 0.25) is 0 Å². The number of benzene rings is 2. The SMILES string of the molecule is CC1N=CC(CCCOC(=O)[C@](O)(c2ccccc2)[C@@H]2CCCC(F)(F)C2)=[N+]1Cc1ccccc1.[Cl-]. The summed E-state index contributed by atoms with van der Waals surface area (Å²) in [5.41, 5.74) is 0.447. The lowest BCUT2D eigenvalue weighted by Gasteiger charge is -2.39. The quantitative estimate of drug-likeness (QED) is 0.314. The molecule has 1 N–H and O–H groups in total. The molecular weight excluding hydrogens is 486 g/mol. The van der Waals surface area contributed by atoms with Gasteiger partial charge in [-0.3, -0.25) is 0 Å². The molecular formula is C28H33ClF2N2O3. The van der Waals surface area contributed by atoms with Crippen LogP contribution in [0, 0.1) is 5.92 Å². The van der Waals surface area contributed by atoms with Crippen molar-refractivity contribution in [2.75, 3.05) is 6.61 Å². The number of ether oxygens (including phenoxy) is 1. The molecule has 1 saturated carbocycles. The number of carbonyl (C=O) groups is 1. The number of esters is 1. The molecule has 1 aliphatic heterocycles. The molecule has 0 aromatic heterocycles. The summed E-state index contributed by atoms with van der Waals surface area (Å²) in [7, 11) is 0. The van der Waals surface area contributed by atoms with E-state index in [-0.39, 0.29) is 38.0 Å². The first-order valence-electron chi connectivity index (χ1n) is 12.3. The summed E-state index contributed by atoms with van der Waals surface area (Å²) < 4.78 is 36.1. The number of carbonyl (C=O) groups excluding carboxylic acids is 1. The van der Waals surface area contributed by atoms with Crippen LogP contribution in [0.4, 0.5) is 8.78 Å². The monoisotopic (exact) mass is 518 g/mol. The van der Waals surface area contributed by atoms with Crippen molar-refractivity contribution in [1.82, 2.24) is 0 Å². The van der Waals surface area contributed by atoms with Crippen LogP contribution < -0.4 is 12.4 Å². The van der Waals surface area contributed by atoms with E-state index in [4.69, 9.17) is 4.74 Å². The fourth-order valence-corrected chi connectivity index (χ4v) is 5.08. The minimum Gasteiger partial charge on any atom is -1.00 e. The Kier molecular flexibility index (Phi) is 9.36. The van der Waals surface area contributed by atoms with E-state index in [1.165, 1.54) is 5.56 Å². The van der Waals surface area contributed by atoms with Gasteiger partial charge in [-0.05, 0) is 24.8 Å². The molecule has 0 amide bonds. The summed E-state index contributed by atoms with van der Waals surface area (Å²) in [4.78, 5) is 17.7. The number of hydrogen-bond acceptors (Lipinski definition) is 4. The van der Waals surface area contributed by atoms with Crippen LogP contribution in [0.5, 0.6) is 0 Å². The molecule has 3 atom stereocenters. The highest BCUT2D eigenvalue weighted by molar-refractivity contribution is 6.28. The summed E-state index contributed by atoms with van der Waals surface area (Å²) in [6, 6.07) is 18.5. The van der Waals surface area contributed by atoms with Crippen LogP contribution in [0.3, 0.4) is 0 Å². The number of nitrogens with zero attached hydrogens (tertiary/aromatic N) is 2. The van der Waals surface area contributed by atoms with Crippen LogP contribution >= 0.6 is 0 Å². The van der Waals surface area contributed by atoms with Gasteiger partial charge in [0.25, 0.3) is 0 Å². The molecule has 2 aliphatic rings. The lowest BCUT2D eigenvalue weighted by atomic mass is 9.72. The number of rotatable bonds is 9. The maximum atomic E-state index is 14.2. The van der Waals surface area contributed by atoms with E-state index in [1.807, 2.05) is 31.3 Å². The van der Waals surface area contributed by atoms with Gasteiger partial charge in [0.15, 0.2) is 17.9 Å². The lowest BCUT2D eigenvalue weighted by Crippen LogP contribution is -3.00. The van der Waals surface area contributed by atoms with E-state index < -0.39 is 29.8 Å². The molecule has 1 unspecified atom stereocenters. The fourth-order valence-electron chi connectivity index (χ4n) is 5.08. The van der Waals surface area contributed by atoms with E-state index in [2.05, 4.69) is 21.7 Å². The van der Waals surface area contributed by atoms with Gasteiger partial charge in [0.2, 0.25) is 12.1 Å². The second-order valence-electron chi connectivity index (χ2n) is 9.54. The Bertz CT molecular complexity index is 1080. The van der Waals surface area contributed by atoms with Crippen molar-refractivity contribution < 1.29 is 40.4 Å². The zero-order valence-corrected chi connectivity index (χ0v) is 21.2.